The highest BCUT2D eigenvalue weighted by molar-refractivity contribution is 5.98. The molecule has 0 atom stereocenters. The van der Waals surface area contributed by atoms with Crippen molar-refractivity contribution in [2.45, 2.75) is 135 Å². The maximum Gasteiger partial charge on any atom is 0.133 e. The van der Waals surface area contributed by atoms with Crippen LogP contribution in [0.3, 0.4) is 0 Å². The Kier molecular flexibility index (Phi) is 11.3. The van der Waals surface area contributed by atoms with Crippen molar-refractivity contribution in [1.29, 1.82) is 0 Å². The van der Waals surface area contributed by atoms with E-state index in [1.807, 2.05) is 13.1 Å². The molecule has 1 N–H and O–H groups in total. The van der Waals surface area contributed by atoms with E-state index in [0.29, 0.717) is 17.8 Å². The lowest BCUT2D eigenvalue weighted by atomic mass is 9.79. The van der Waals surface area contributed by atoms with Gasteiger partial charge in [0.15, 0.2) is 0 Å². The third-order valence-corrected chi connectivity index (χ3v) is 11.4. The molecule has 0 spiro atoms. The number of allylic oxidation sites excluding steroid dienone is 3. The summed E-state index contributed by atoms with van der Waals surface area (Å²) in [5.74, 6) is 3.63. The quantitative estimate of drug-likeness (QED) is 0.267. The van der Waals surface area contributed by atoms with Gasteiger partial charge in [0.05, 0.1) is 5.70 Å². The zero-order valence-electron chi connectivity index (χ0n) is 29.6. The Balaban J connectivity index is 0.000000424. The molecule has 1 aliphatic heterocycles. The van der Waals surface area contributed by atoms with E-state index in [1.165, 1.54) is 124 Å². The summed E-state index contributed by atoms with van der Waals surface area (Å²) >= 11 is 0. The second-order valence-corrected chi connectivity index (χ2v) is 15.1. The van der Waals surface area contributed by atoms with Gasteiger partial charge in [-0.3, -0.25) is 9.98 Å². The normalized spacial score (nSPS) is 23.1. The summed E-state index contributed by atoms with van der Waals surface area (Å²) in [6, 6.07) is 9.77. The van der Waals surface area contributed by atoms with Gasteiger partial charge in [0.2, 0.25) is 0 Å². The molecule has 4 saturated carbocycles. The van der Waals surface area contributed by atoms with Crippen LogP contribution in [0.2, 0.25) is 0 Å². The average molecular weight is 634 g/mol. The molecule has 5 heteroatoms. The first-order valence-corrected chi connectivity index (χ1v) is 19.0. The van der Waals surface area contributed by atoms with Crippen molar-refractivity contribution in [2.75, 3.05) is 11.4 Å². The van der Waals surface area contributed by atoms with Crippen molar-refractivity contribution in [3.63, 3.8) is 0 Å². The molecule has 0 unspecified atom stereocenters. The van der Waals surface area contributed by atoms with Crippen LogP contribution >= 0.6 is 0 Å². The number of aliphatic imine (C=N–C) groups is 1. The highest BCUT2D eigenvalue weighted by Crippen LogP contribution is 2.40. The molecular formula is C42H59N5. The molecule has 0 aromatic carbocycles. The SMILES string of the molecule is C=C(C)NC1CCC1.C=C(C1CCCCC1)N(CC1CCC(c2ccc(CC)c(C)n2)CC1)c1cc(C2=CCC(C3CC3)=N2)ccn1. The third kappa shape index (κ3) is 8.83. The molecule has 4 aliphatic carbocycles. The van der Waals surface area contributed by atoms with Crippen LogP contribution in [-0.2, 0) is 6.42 Å². The van der Waals surface area contributed by atoms with Crippen LogP contribution in [0.4, 0.5) is 5.82 Å². The first-order chi connectivity index (χ1) is 22.9. The Bertz CT molecular complexity index is 1450. The van der Waals surface area contributed by atoms with Gasteiger partial charge in [0.1, 0.15) is 5.82 Å². The maximum absolute atomic E-state index is 5.03. The molecule has 0 amide bonds. The van der Waals surface area contributed by atoms with E-state index in [0.717, 1.165) is 48.6 Å². The number of rotatable bonds is 11. The second-order valence-electron chi connectivity index (χ2n) is 15.1. The lowest BCUT2D eigenvalue weighted by molar-refractivity contribution is 0.320. The molecule has 0 saturated heterocycles. The minimum absolute atomic E-state index is 0.579. The molecular weight excluding hydrogens is 574 g/mol. The van der Waals surface area contributed by atoms with Crippen molar-refractivity contribution in [1.82, 2.24) is 15.3 Å². The summed E-state index contributed by atoms with van der Waals surface area (Å²) in [6.07, 6.45) is 24.6. The zero-order valence-corrected chi connectivity index (χ0v) is 29.6. The fourth-order valence-electron chi connectivity index (χ4n) is 8.05. The van der Waals surface area contributed by atoms with Gasteiger partial charge >= 0.3 is 0 Å². The fourth-order valence-corrected chi connectivity index (χ4v) is 8.05. The lowest BCUT2D eigenvalue weighted by Crippen LogP contribution is -2.34. The first-order valence-electron chi connectivity index (χ1n) is 19.0. The molecule has 5 aliphatic rings. The number of anilines is 1. The molecule has 252 valence electrons. The van der Waals surface area contributed by atoms with Gasteiger partial charge in [-0.1, -0.05) is 51.5 Å². The van der Waals surface area contributed by atoms with Crippen LogP contribution in [0.25, 0.3) is 5.70 Å². The van der Waals surface area contributed by atoms with Gasteiger partial charge in [-0.15, -0.1) is 0 Å². The van der Waals surface area contributed by atoms with Gasteiger partial charge in [0.25, 0.3) is 0 Å². The van der Waals surface area contributed by atoms with Gasteiger partial charge in [-0.2, -0.15) is 0 Å². The van der Waals surface area contributed by atoms with E-state index in [4.69, 9.17) is 21.5 Å². The topological polar surface area (TPSA) is 53.4 Å². The number of hydrogen-bond donors (Lipinski definition) is 1. The van der Waals surface area contributed by atoms with Crippen LogP contribution in [0.15, 0.2) is 66.1 Å². The number of pyridine rings is 2. The molecule has 2 aromatic rings. The lowest BCUT2D eigenvalue weighted by Gasteiger charge is -2.37. The Morgan fingerprint density at radius 3 is 2.26 bits per heavy atom. The average Bonchev–Trinajstić information content (AvgIpc) is 3.81. The van der Waals surface area contributed by atoms with Gasteiger partial charge < -0.3 is 10.2 Å². The van der Waals surface area contributed by atoms with Crippen molar-refractivity contribution >= 4 is 17.2 Å². The van der Waals surface area contributed by atoms with E-state index in [2.05, 4.69) is 61.0 Å². The number of aromatic nitrogens is 2. The van der Waals surface area contributed by atoms with Gasteiger partial charge in [0, 0.05) is 65.2 Å². The first kappa shape index (κ1) is 33.7. The smallest absolute Gasteiger partial charge is 0.133 e. The zero-order chi connectivity index (χ0) is 32.8. The molecule has 47 heavy (non-hydrogen) atoms. The molecule has 0 bridgehead atoms. The number of hydrogen-bond acceptors (Lipinski definition) is 5. The van der Waals surface area contributed by atoms with E-state index in [1.54, 1.807) is 0 Å². The fraction of sp³-hybridized carbons (Fsp3) is 0.595. The Labute approximate surface area is 285 Å². The van der Waals surface area contributed by atoms with Crippen molar-refractivity contribution in [3.05, 3.63) is 83.6 Å². The van der Waals surface area contributed by atoms with E-state index in [9.17, 15) is 0 Å². The highest BCUT2D eigenvalue weighted by Gasteiger charge is 2.31. The van der Waals surface area contributed by atoms with Crippen LogP contribution in [0, 0.1) is 24.7 Å². The molecule has 4 fully saturated rings. The molecule has 7 rings (SSSR count). The van der Waals surface area contributed by atoms with Crippen molar-refractivity contribution in [2.24, 2.45) is 22.7 Å². The minimum atomic E-state index is 0.579. The maximum atomic E-state index is 5.03. The Hall–Kier alpha value is -3.21. The Morgan fingerprint density at radius 1 is 0.894 bits per heavy atom. The van der Waals surface area contributed by atoms with Crippen molar-refractivity contribution < 1.29 is 0 Å². The van der Waals surface area contributed by atoms with E-state index < -0.39 is 0 Å². The predicted molar refractivity (Wildman–Crippen MR) is 199 cm³/mol. The molecule has 2 aromatic heterocycles. The van der Waals surface area contributed by atoms with Crippen LogP contribution in [0.5, 0.6) is 0 Å². The standard InChI is InChI=1S/C35H46N4.C7H13N/c1-4-27-16-17-32(37-24(27)2)29-12-10-26(11-13-29)23-39(25(3)28-8-6-5-7-9-28)35-22-31(20-21-36-35)34-19-18-33(38-34)30-14-15-30;1-6(2)8-7-4-3-5-7/h16-17,19-22,26,28-30H,3-15,18,23H2,1-2H3;7-8H,1,3-5H2,2H3. The van der Waals surface area contributed by atoms with Crippen LogP contribution < -0.4 is 10.2 Å². The molecule has 3 heterocycles. The summed E-state index contributed by atoms with van der Waals surface area (Å²) in [4.78, 5) is 17.5. The van der Waals surface area contributed by atoms with Crippen LogP contribution in [-0.4, -0.2) is 28.3 Å². The Morgan fingerprint density at radius 2 is 1.64 bits per heavy atom. The highest BCUT2D eigenvalue weighted by atomic mass is 15.2. The minimum Gasteiger partial charge on any atom is -0.386 e. The number of aryl methyl sites for hydroxylation is 2. The predicted octanol–water partition coefficient (Wildman–Crippen LogP) is 10.5. The summed E-state index contributed by atoms with van der Waals surface area (Å²) in [5.41, 5.74) is 10.0. The van der Waals surface area contributed by atoms with Gasteiger partial charge in [-0.25, -0.2) is 4.98 Å². The van der Waals surface area contributed by atoms with E-state index in [-0.39, 0.29) is 0 Å². The van der Waals surface area contributed by atoms with E-state index >= 15 is 0 Å². The third-order valence-electron chi connectivity index (χ3n) is 11.4. The monoisotopic (exact) mass is 633 g/mol. The molecule has 0 radical (unpaired) electrons. The number of nitrogens with one attached hydrogen (secondary N) is 1. The number of nitrogens with zero attached hydrogens (tertiary/aromatic N) is 4. The van der Waals surface area contributed by atoms with Crippen molar-refractivity contribution in [3.8, 4) is 0 Å². The summed E-state index contributed by atoms with van der Waals surface area (Å²) in [7, 11) is 0. The van der Waals surface area contributed by atoms with Crippen LogP contribution in [0.1, 0.15) is 139 Å². The largest absolute Gasteiger partial charge is 0.386 e. The second kappa shape index (κ2) is 15.8. The summed E-state index contributed by atoms with van der Waals surface area (Å²) < 4.78 is 0. The molecule has 5 nitrogen and oxygen atoms in total. The summed E-state index contributed by atoms with van der Waals surface area (Å²) in [6.45, 7) is 15.9. The summed E-state index contributed by atoms with van der Waals surface area (Å²) in [5, 5.41) is 3.28. The van der Waals surface area contributed by atoms with Gasteiger partial charge in [-0.05, 0) is 132 Å².